The number of methoxy groups -OCH3 is 1. The van der Waals surface area contributed by atoms with Gasteiger partial charge >= 0.3 is 5.97 Å². The smallest absolute Gasteiger partial charge is 0.326 e. The summed E-state index contributed by atoms with van der Waals surface area (Å²) in [5.41, 5.74) is 5.64. The molecule has 0 saturated carbocycles. The lowest BCUT2D eigenvalue weighted by molar-refractivity contribution is -0.141. The van der Waals surface area contributed by atoms with Crippen LogP contribution in [0.3, 0.4) is 0 Å². The van der Waals surface area contributed by atoms with Gasteiger partial charge < -0.3 is 30.8 Å². The molecule has 51 heavy (non-hydrogen) atoms. The molecule has 10 nitrogen and oxygen atoms in total. The van der Waals surface area contributed by atoms with E-state index in [9.17, 15) is 19.5 Å². The number of carbonyl (C=O) groups is 3. The molecule has 6 rings (SSSR count). The standard InChI is InChI=1S/C39H33BrFN5O5/c1-51-35-16-11-27(20-29(35)40)38(48)43-28-12-7-24(8-13-28)22-42-31-15-10-26(21-30(31)41)37-45-32-14-9-25(18-33(32)46-37)19-36(47)44-34(39(49)50)17-23-5-3-2-4-6-23/h2-16,18,20-21,34,42H,17,19,22H2,1H3,(H,43,48)(H,44,47)(H,45,46)(H,49,50). The summed E-state index contributed by atoms with van der Waals surface area (Å²) < 4.78 is 21.1. The Balaban J connectivity index is 1.04. The van der Waals surface area contributed by atoms with Gasteiger partial charge in [-0.05, 0) is 93.3 Å². The Morgan fingerprint density at radius 1 is 0.902 bits per heavy atom. The third-order valence-corrected chi connectivity index (χ3v) is 8.80. The van der Waals surface area contributed by atoms with Crippen LogP contribution in [0, 0.1) is 5.82 Å². The van der Waals surface area contributed by atoms with Crippen molar-refractivity contribution in [3.8, 4) is 17.1 Å². The third kappa shape index (κ3) is 8.78. The number of nitrogens with zero attached hydrogens (tertiary/aromatic N) is 1. The first-order valence-electron chi connectivity index (χ1n) is 16.0. The van der Waals surface area contributed by atoms with Crippen LogP contribution in [-0.4, -0.2) is 46.0 Å². The molecule has 5 aromatic carbocycles. The molecule has 0 aliphatic heterocycles. The van der Waals surface area contributed by atoms with Gasteiger partial charge in [-0.25, -0.2) is 14.2 Å². The summed E-state index contributed by atoms with van der Waals surface area (Å²) in [6.45, 7) is 0.358. The summed E-state index contributed by atoms with van der Waals surface area (Å²) in [5.74, 6) is -1.14. The maximum absolute atomic E-state index is 15.2. The number of H-pyrrole nitrogens is 1. The number of aromatic amines is 1. The van der Waals surface area contributed by atoms with Crippen LogP contribution in [0.5, 0.6) is 5.75 Å². The number of carboxylic acid groups (broad SMARTS) is 1. The highest BCUT2D eigenvalue weighted by atomic mass is 79.9. The van der Waals surface area contributed by atoms with Crippen molar-refractivity contribution < 1.29 is 28.6 Å². The number of carboxylic acids is 1. The number of nitrogens with one attached hydrogen (secondary N) is 4. The summed E-state index contributed by atoms with van der Waals surface area (Å²) in [5, 5.41) is 18.2. The lowest BCUT2D eigenvalue weighted by Gasteiger charge is -2.14. The minimum atomic E-state index is -1.11. The van der Waals surface area contributed by atoms with E-state index in [-0.39, 0.29) is 18.7 Å². The van der Waals surface area contributed by atoms with Gasteiger partial charge in [-0.15, -0.1) is 0 Å². The molecular formula is C39H33BrFN5O5. The van der Waals surface area contributed by atoms with Gasteiger partial charge in [-0.3, -0.25) is 9.59 Å². The van der Waals surface area contributed by atoms with E-state index in [0.717, 1.165) is 11.1 Å². The first-order valence-corrected chi connectivity index (χ1v) is 16.8. The Bertz CT molecular complexity index is 2210. The molecule has 0 fully saturated rings. The van der Waals surface area contributed by atoms with Gasteiger partial charge in [0.2, 0.25) is 5.91 Å². The molecule has 12 heteroatoms. The average molecular weight is 751 g/mol. The lowest BCUT2D eigenvalue weighted by Crippen LogP contribution is -2.43. The van der Waals surface area contributed by atoms with E-state index in [0.29, 0.717) is 61.7 Å². The van der Waals surface area contributed by atoms with Gasteiger partial charge in [0.25, 0.3) is 5.91 Å². The largest absolute Gasteiger partial charge is 0.496 e. The summed E-state index contributed by atoms with van der Waals surface area (Å²) in [6.07, 6.45) is 0.159. The number of hydrogen-bond acceptors (Lipinski definition) is 6. The Morgan fingerprint density at radius 2 is 1.67 bits per heavy atom. The van der Waals surface area contributed by atoms with Gasteiger partial charge in [0.1, 0.15) is 23.4 Å². The van der Waals surface area contributed by atoms with Gasteiger partial charge in [0.15, 0.2) is 0 Å². The van der Waals surface area contributed by atoms with Crippen LogP contribution in [0.4, 0.5) is 15.8 Å². The molecule has 0 spiro atoms. The number of ether oxygens (including phenoxy) is 1. The minimum Gasteiger partial charge on any atom is -0.496 e. The van der Waals surface area contributed by atoms with Crippen LogP contribution in [0.15, 0.2) is 114 Å². The van der Waals surface area contributed by atoms with Crippen molar-refractivity contribution in [2.45, 2.75) is 25.4 Å². The zero-order valence-corrected chi connectivity index (χ0v) is 29.0. The van der Waals surface area contributed by atoms with E-state index in [4.69, 9.17) is 4.74 Å². The Morgan fingerprint density at radius 3 is 2.37 bits per heavy atom. The normalized spacial score (nSPS) is 11.5. The van der Waals surface area contributed by atoms with Gasteiger partial charge in [0.05, 0.1) is 34.7 Å². The van der Waals surface area contributed by atoms with E-state index < -0.39 is 23.7 Å². The number of aliphatic carboxylic acids is 1. The van der Waals surface area contributed by atoms with Crippen molar-refractivity contribution in [1.82, 2.24) is 15.3 Å². The first kappa shape index (κ1) is 34.8. The Hall–Kier alpha value is -6.01. The van der Waals surface area contributed by atoms with E-state index in [1.165, 1.54) is 6.07 Å². The molecule has 0 saturated heterocycles. The van der Waals surface area contributed by atoms with Crippen LogP contribution in [0.25, 0.3) is 22.4 Å². The number of aromatic nitrogens is 2. The average Bonchev–Trinajstić information content (AvgIpc) is 3.55. The van der Waals surface area contributed by atoms with Crippen LogP contribution >= 0.6 is 15.9 Å². The molecule has 0 aliphatic carbocycles. The third-order valence-electron chi connectivity index (χ3n) is 8.18. The Labute approximate surface area is 301 Å². The van der Waals surface area contributed by atoms with Crippen molar-refractivity contribution in [2.75, 3.05) is 17.7 Å². The van der Waals surface area contributed by atoms with Crippen molar-refractivity contribution >= 4 is 56.1 Å². The Kier molecular flexibility index (Phi) is 10.7. The zero-order chi connectivity index (χ0) is 35.9. The number of fused-ring (bicyclic) bond motifs is 1. The molecule has 258 valence electrons. The van der Waals surface area contributed by atoms with E-state index >= 15 is 4.39 Å². The van der Waals surface area contributed by atoms with Crippen molar-refractivity contribution in [1.29, 1.82) is 0 Å². The molecule has 6 aromatic rings. The van der Waals surface area contributed by atoms with Crippen molar-refractivity contribution in [3.63, 3.8) is 0 Å². The molecule has 0 bridgehead atoms. The van der Waals surface area contributed by atoms with Crippen molar-refractivity contribution in [3.05, 3.63) is 142 Å². The topological polar surface area (TPSA) is 145 Å². The van der Waals surface area contributed by atoms with Crippen molar-refractivity contribution in [2.24, 2.45) is 0 Å². The summed E-state index contributed by atoms with van der Waals surface area (Å²) >= 11 is 3.39. The number of hydrogen-bond donors (Lipinski definition) is 5. The van der Waals surface area contributed by atoms with Gasteiger partial charge in [0, 0.05) is 29.8 Å². The van der Waals surface area contributed by atoms with Gasteiger partial charge in [-0.2, -0.15) is 0 Å². The van der Waals surface area contributed by atoms with Crippen LogP contribution < -0.4 is 20.7 Å². The minimum absolute atomic E-state index is 0.0168. The fourth-order valence-electron chi connectivity index (χ4n) is 5.50. The quantitative estimate of drug-likeness (QED) is 0.0830. The molecule has 2 amide bonds. The lowest BCUT2D eigenvalue weighted by atomic mass is 10.1. The number of amides is 2. The summed E-state index contributed by atoms with van der Waals surface area (Å²) in [4.78, 5) is 45.0. The predicted molar refractivity (Wildman–Crippen MR) is 197 cm³/mol. The second kappa shape index (κ2) is 15.7. The highest BCUT2D eigenvalue weighted by Gasteiger charge is 2.21. The highest BCUT2D eigenvalue weighted by Crippen LogP contribution is 2.27. The molecule has 1 heterocycles. The van der Waals surface area contributed by atoms with Crippen LogP contribution in [0.2, 0.25) is 0 Å². The fraction of sp³-hybridized carbons (Fsp3) is 0.128. The summed E-state index contributed by atoms with van der Waals surface area (Å²) in [6, 6.07) is 30.5. The maximum Gasteiger partial charge on any atom is 0.326 e. The number of rotatable bonds is 13. The number of imidazole rings is 1. The van der Waals surface area contributed by atoms with E-state index in [1.807, 2.05) is 42.5 Å². The fourth-order valence-corrected chi connectivity index (χ4v) is 6.04. The SMILES string of the molecule is COc1ccc(C(=O)Nc2ccc(CNc3ccc(-c4nc5ccc(CC(=O)NC(Cc6ccccc6)C(=O)O)cc5[nH]4)cc3F)cc2)cc1Br. The summed E-state index contributed by atoms with van der Waals surface area (Å²) in [7, 11) is 1.56. The van der Waals surface area contributed by atoms with E-state index in [1.54, 1.807) is 67.8 Å². The molecule has 0 aliphatic rings. The number of benzene rings is 5. The van der Waals surface area contributed by atoms with E-state index in [2.05, 4.69) is 41.8 Å². The highest BCUT2D eigenvalue weighted by molar-refractivity contribution is 9.10. The molecule has 5 N–H and O–H groups in total. The molecule has 1 atom stereocenters. The number of halogens is 2. The number of carbonyl (C=O) groups excluding carboxylic acids is 2. The number of anilines is 2. The molecule has 1 unspecified atom stereocenters. The molecular weight excluding hydrogens is 717 g/mol. The zero-order valence-electron chi connectivity index (χ0n) is 27.4. The maximum atomic E-state index is 15.2. The second-order valence-corrected chi connectivity index (χ2v) is 12.7. The molecule has 1 aromatic heterocycles. The predicted octanol–water partition coefficient (Wildman–Crippen LogP) is 7.36. The monoisotopic (exact) mass is 749 g/mol. The van der Waals surface area contributed by atoms with Gasteiger partial charge in [-0.1, -0.05) is 48.5 Å². The molecule has 0 radical (unpaired) electrons. The first-order chi connectivity index (χ1) is 24.6. The van der Waals surface area contributed by atoms with Crippen LogP contribution in [-0.2, 0) is 29.0 Å². The second-order valence-electron chi connectivity index (χ2n) is 11.8. The van der Waals surface area contributed by atoms with Crippen LogP contribution in [0.1, 0.15) is 27.0 Å².